The predicted molar refractivity (Wildman–Crippen MR) is 102 cm³/mol. The van der Waals surface area contributed by atoms with E-state index in [1.165, 1.54) is 10.6 Å². The molecule has 0 saturated carbocycles. The third kappa shape index (κ3) is 4.60. The van der Waals surface area contributed by atoms with E-state index >= 15 is 0 Å². The Bertz CT molecular complexity index is 966. The number of hydrogen-bond acceptors (Lipinski definition) is 5. The number of fused-ring (bicyclic) bond motifs is 1. The summed E-state index contributed by atoms with van der Waals surface area (Å²) >= 11 is 0. The predicted octanol–water partition coefficient (Wildman–Crippen LogP) is 2.82. The topological polar surface area (TPSA) is 109 Å². The SMILES string of the molecule is CC(C)Nc1cc(C(=O)O)c2nc(NC(=O)CCc3ccccc3)nn2c1. The molecule has 3 rings (SSSR count). The smallest absolute Gasteiger partial charge is 0.339 e. The van der Waals surface area contributed by atoms with Gasteiger partial charge in [0.25, 0.3) is 0 Å². The maximum atomic E-state index is 12.2. The highest BCUT2D eigenvalue weighted by Crippen LogP contribution is 2.18. The molecule has 0 bridgehead atoms. The van der Waals surface area contributed by atoms with Gasteiger partial charge >= 0.3 is 5.97 Å². The second-order valence-corrected chi connectivity index (χ2v) is 6.48. The number of amides is 1. The molecule has 140 valence electrons. The zero-order valence-electron chi connectivity index (χ0n) is 15.1. The average molecular weight is 367 g/mol. The zero-order valence-corrected chi connectivity index (χ0v) is 15.1. The van der Waals surface area contributed by atoms with E-state index in [0.717, 1.165) is 5.56 Å². The molecule has 0 radical (unpaired) electrons. The fourth-order valence-corrected chi connectivity index (χ4v) is 2.70. The second kappa shape index (κ2) is 7.86. The highest BCUT2D eigenvalue weighted by atomic mass is 16.4. The number of aromatic carboxylic acids is 1. The van der Waals surface area contributed by atoms with Gasteiger partial charge in [0.2, 0.25) is 11.9 Å². The van der Waals surface area contributed by atoms with E-state index in [4.69, 9.17) is 0 Å². The van der Waals surface area contributed by atoms with Crippen LogP contribution in [0.2, 0.25) is 0 Å². The minimum Gasteiger partial charge on any atom is -0.478 e. The van der Waals surface area contributed by atoms with E-state index in [0.29, 0.717) is 12.1 Å². The molecule has 0 aliphatic heterocycles. The summed E-state index contributed by atoms with van der Waals surface area (Å²) in [6.07, 6.45) is 2.53. The van der Waals surface area contributed by atoms with E-state index in [1.54, 1.807) is 6.20 Å². The van der Waals surface area contributed by atoms with Crippen LogP contribution in [0.1, 0.15) is 36.2 Å². The number of anilines is 2. The zero-order chi connectivity index (χ0) is 19.4. The summed E-state index contributed by atoms with van der Waals surface area (Å²) in [6.45, 7) is 3.90. The summed E-state index contributed by atoms with van der Waals surface area (Å²) in [5, 5.41) is 19.4. The minimum absolute atomic E-state index is 0.0120. The number of carbonyl (C=O) groups excluding carboxylic acids is 1. The highest BCUT2D eigenvalue weighted by Gasteiger charge is 2.17. The van der Waals surface area contributed by atoms with Crippen molar-refractivity contribution in [3.05, 3.63) is 53.7 Å². The van der Waals surface area contributed by atoms with Gasteiger partial charge in [-0.3, -0.25) is 10.1 Å². The summed E-state index contributed by atoms with van der Waals surface area (Å²) in [7, 11) is 0. The summed E-state index contributed by atoms with van der Waals surface area (Å²) < 4.78 is 1.36. The average Bonchev–Trinajstić information content (AvgIpc) is 3.01. The summed E-state index contributed by atoms with van der Waals surface area (Å²) in [5.74, 6) is -1.26. The summed E-state index contributed by atoms with van der Waals surface area (Å²) in [5.41, 5.74) is 1.86. The second-order valence-electron chi connectivity index (χ2n) is 6.48. The number of rotatable bonds is 7. The first kappa shape index (κ1) is 18.4. The van der Waals surface area contributed by atoms with Gasteiger partial charge in [-0.2, -0.15) is 4.98 Å². The lowest BCUT2D eigenvalue weighted by Gasteiger charge is -2.10. The fraction of sp³-hybridized carbons (Fsp3) is 0.263. The third-order valence-electron chi connectivity index (χ3n) is 3.85. The van der Waals surface area contributed by atoms with Crippen molar-refractivity contribution < 1.29 is 14.7 Å². The molecular formula is C19H21N5O3. The number of carbonyl (C=O) groups is 2. The minimum atomic E-state index is -1.11. The molecule has 27 heavy (non-hydrogen) atoms. The molecule has 0 aliphatic rings. The van der Waals surface area contributed by atoms with Crippen molar-refractivity contribution in [2.75, 3.05) is 10.6 Å². The number of benzene rings is 1. The van der Waals surface area contributed by atoms with Gasteiger partial charge in [-0.25, -0.2) is 9.31 Å². The van der Waals surface area contributed by atoms with Crippen molar-refractivity contribution in [2.45, 2.75) is 32.7 Å². The lowest BCUT2D eigenvalue weighted by Crippen LogP contribution is -2.13. The van der Waals surface area contributed by atoms with E-state index in [2.05, 4.69) is 20.7 Å². The van der Waals surface area contributed by atoms with Gasteiger partial charge in [0.15, 0.2) is 5.65 Å². The first-order valence-corrected chi connectivity index (χ1v) is 8.66. The Balaban J connectivity index is 1.77. The van der Waals surface area contributed by atoms with E-state index < -0.39 is 5.97 Å². The molecule has 3 N–H and O–H groups in total. The lowest BCUT2D eigenvalue weighted by atomic mass is 10.1. The number of aromatic nitrogens is 3. The summed E-state index contributed by atoms with van der Waals surface area (Å²) in [6, 6.07) is 11.3. The maximum Gasteiger partial charge on any atom is 0.339 e. The van der Waals surface area contributed by atoms with Crippen LogP contribution in [0.15, 0.2) is 42.6 Å². The number of nitrogens with zero attached hydrogens (tertiary/aromatic N) is 3. The Morgan fingerprint density at radius 2 is 1.96 bits per heavy atom. The number of carboxylic acid groups (broad SMARTS) is 1. The normalized spacial score (nSPS) is 10.9. The van der Waals surface area contributed by atoms with Crippen LogP contribution >= 0.6 is 0 Å². The molecule has 0 atom stereocenters. The van der Waals surface area contributed by atoms with Gasteiger partial charge in [0.05, 0.1) is 11.9 Å². The standard InChI is InChI=1S/C19H21N5O3/c1-12(2)20-14-10-15(18(26)27)17-22-19(23-24(17)11-14)21-16(25)9-8-13-6-4-3-5-7-13/h3-7,10-12,20H,8-9H2,1-2H3,(H,26,27)(H,21,23,25). The van der Waals surface area contributed by atoms with Crippen molar-refractivity contribution in [3.63, 3.8) is 0 Å². The van der Waals surface area contributed by atoms with Gasteiger partial charge in [-0.1, -0.05) is 30.3 Å². The van der Waals surface area contributed by atoms with Crippen LogP contribution < -0.4 is 10.6 Å². The first-order valence-electron chi connectivity index (χ1n) is 8.66. The molecule has 8 nitrogen and oxygen atoms in total. The number of aryl methyl sites for hydroxylation is 1. The molecule has 3 aromatic rings. The number of carboxylic acids is 1. The number of pyridine rings is 1. The Labute approximate surface area is 156 Å². The number of nitrogens with one attached hydrogen (secondary N) is 2. The van der Waals surface area contributed by atoms with E-state index in [9.17, 15) is 14.7 Å². The molecular weight excluding hydrogens is 346 g/mol. The first-order chi connectivity index (χ1) is 12.9. The molecule has 0 saturated heterocycles. The molecule has 1 aromatic carbocycles. The Morgan fingerprint density at radius 1 is 1.22 bits per heavy atom. The van der Waals surface area contributed by atoms with Gasteiger partial charge < -0.3 is 10.4 Å². The monoisotopic (exact) mass is 367 g/mol. The van der Waals surface area contributed by atoms with Crippen LogP contribution in [0.5, 0.6) is 0 Å². The van der Waals surface area contributed by atoms with Crippen molar-refractivity contribution in [1.29, 1.82) is 0 Å². The van der Waals surface area contributed by atoms with Gasteiger partial charge in [0, 0.05) is 12.5 Å². The van der Waals surface area contributed by atoms with Crippen LogP contribution in [0.25, 0.3) is 5.65 Å². The van der Waals surface area contributed by atoms with Crippen molar-refractivity contribution in [2.24, 2.45) is 0 Å². The fourth-order valence-electron chi connectivity index (χ4n) is 2.70. The molecule has 2 aromatic heterocycles. The molecule has 8 heteroatoms. The van der Waals surface area contributed by atoms with Crippen LogP contribution in [-0.2, 0) is 11.2 Å². The molecule has 2 heterocycles. The molecule has 1 amide bonds. The van der Waals surface area contributed by atoms with Crippen molar-refractivity contribution in [3.8, 4) is 0 Å². The highest BCUT2D eigenvalue weighted by molar-refractivity contribution is 5.96. The lowest BCUT2D eigenvalue weighted by molar-refractivity contribution is -0.116. The van der Waals surface area contributed by atoms with Crippen LogP contribution in [0, 0.1) is 0 Å². The molecule has 0 fully saturated rings. The van der Waals surface area contributed by atoms with Crippen molar-refractivity contribution >= 4 is 29.2 Å². The Kier molecular flexibility index (Phi) is 5.35. The van der Waals surface area contributed by atoms with Crippen LogP contribution in [-0.4, -0.2) is 37.6 Å². The van der Waals surface area contributed by atoms with Crippen LogP contribution in [0.3, 0.4) is 0 Å². The van der Waals surface area contributed by atoms with Gasteiger partial charge in [0.1, 0.15) is 5.56 Å². The largest absolute Gasteiger partial charge is 0.478 e. The maximum absolute atomic E-state index is 12.2. The number of hydrogen-bond donors (Lipinski definition) is 3. The van der Waals surface area contributed by atoms with Crippen LogP contribution in [0.4, 0.5) is 11.6 Å². The summed E-state index contributed by atoms with van der Waals surface area (Å²) in [4.78, 5) is 27.9. The molecule has 0 spiro atoms. The van der Waals surface area contributed by atoms with E-state index in [-0.39, 0.29) is 35.5 Å². The van der Waals surface area contributed by atoms with E-state index in [1.807, 2.05) is 44.2 Å². The molecule has 0 unspecified atom stereocenters. The van der Waals surface area contributed by atoms with Gasteiger partial charge in [-0.15, -0.1) is 5.10 Å². The third-order valence-corrected chi connectivity index (χ3v) is 3.85. The Morgan fingerprint density at radius 3 is 2.63 bits per heavy atom. The molecule has 0 aliphatic carbocycles. The quantitative estimate of drug-likeness (QED) is 0.592. The van der Waals surface area contributed by atoms with Gasteiger partial charge in [-0.05, 0) is 31.9 Å². The Hall–Kier alpha value is -3.42. The van der Waals surface area contributed by atoms with Crippen molar-refractivity contribution in [1.82, 2.24) is 14.6 Å².